The van der Waals surface area contributed by atoms with E-state index in [1.165, 1.54) is 0 Å². The highest BCUT2D eigenvalue weighted by Gasteiger charge is 2.12. The summed E-state index contributed by atoms with van der Waals surface area (Å²) in [4.78, 5) is 3.03. The second-order valence-corrected chi connectivity index (χ2v) is 2.24. The van der Waals surface area contributed by atoms with Crippen LogP contribution in [0.15, 0.2) is 12.3 Å². The van der Waals surface area contributed by atoms with Crippen molar-refractivity contribution in [1.82, 2.24) is 4.98 Å². The first-order valence-corrected chi connectivity index (χ1v) is 3.08. The molecule has 1 heterocycles. The van der Waals surface area contributed by atoms with Gasteiger partial charge in [0.25, 0.3) is 6.43 Å². The average molecular weight is 182 g/mol. The number of rotatable bonds is 1. The molecule has 0 unspecified atom stereocenters. The molecule has 0 atom stereocenters. The minimum Gasteiger partial charge on any atom is -0.228 e. The summed E-state index contributed by atoms with van der Waals surface area (Å²) in [7, 11) is 0. The summed E-state index contributed by atoms with van der Waals surface area (Å²) in [5, 5.41) is -0.299. The fourth-order valence-corrected chi connectivity index (χ4v) is 0.800. The molecule has 60 valence electrons. The number of halogens is 4. The maximum absolute atomic E-state index is 12.2. The van der Waals surface area contributed by atoms with Crippen LogP contribution in [0.4, 0.5) is 13.2 Å². The molecule has 0 N–H and O–H groups in total. The van der Waals surface area contributed by atoms with Gasteiger partial charge >= 0.3 is 0 Å². The summed E-state index contributed by atoms with van der Waals surface area (Å²) in [5.41, 5.74) is -0.451. The zero-order valence-corrected chi connectivity index (χ0v) is 5.95. The molecule has 1 aromatic heterocycles. The van der Waals surface area contributed by atoms with Gasteiger partial charge < -0.3 is 0 Å². The van der Waals surface area contributed by atoms with Crippen molar-refractivity contribution in [3.8, 4) is 0 Å². The van der Waals surface area contributed by atoms with E-state index >= 15 is 0 Å². The predicted octanol–water partition coefficient (Wildman–Crippen LogP) is 2.81. The van der Waals surface area contributed by atoms with Crippen LogP contribution >= 0.6 is 11.6 Å². The Morgan fingerprint density at radius 1 is 1.45 bits per heavy atom. The molecule has 11 heavy (non-hydrogen) atoms. The number of pyridine rings is 1. The van der Waals surface area contributed by atoms with Crippen molar-refractivity contribution in [1.29, 1.82) is 0 Å². The maximum atomic E-state index is 12.2. The van der Waals surface area contributed by atoms with Gasteiger partial charge in [-0.1, -0.05) is 11.6 Å². The third-order valence-corrected chi connectivity index (χ3v) is 1.41. The third kappa shape index (κ3) is 1.83. The zero-order chi connectivity index (χ0) is 8.43. The first kappa shape index (κ1) is 8.33. The lowest BCUT2D eigenvalue weighted by atomic mass is 10.3. The molecule has 0 aliphatic carbocycles. The SMILES string of the molecule is Fc1cc(Cl)c(C(F)F)cn1. The van der Waals surface area contributed by atoms with E-state index in [4.69, 9.17) is 11.6 Å². The molecule has 0 saturated heterocycles. The van der Waals surface area contributed by atoms with Crippen molar-refractivity contribution in [3.05, 3.63) is 28.8 Å². The van der Waals surface area contributed by atoms with Crippen LogP contribution in [0.3, 0.4) is 0 Å². The molecule has 0 saturated carbocycles. The number of alkyl halides is 2. The molecule has 0 aromatic carbocycles. The first-order chi connectivity index (χ1) is 5.11. The molecule has 0 aliphatic heterocycles. The zero-order valence-electron chi connectivity index (χ0n) is 5.19. The predicted molar refractivity (Wildman–Crippen MR) is 34.2 cm³/mol. The van der Waals surface area contributed by atoms with E-state index in [-0.39, 0.29) is 5.02 Å². The smallest absolute Gasteiger partial charge is 0.228 e. The van der Waals surface area contributed by atoms with E-state index in [0.29, 0.717) is 0 Å². The van der Waals surface area contributed by atoms with Gasteiger partial charge in [-0.25, -0.2) is 13.8 Å². The molecule has 0 aliphatic rings. The van der Waals surface area contributed by atoms with Gasteiger partial charge in [0, 0.05) is 12.3 Å². The highest BCUT2D eigenvalue weighted by Crippen LogP contribution is 2.25. The molecule has 0 radical (unpaired) electrons. The minimum absolute atomic E-state index is 0.299. The molecule has 0 amide bonds. The molecule has 0 spiro atoms. The molecule has 1 nitrogen and oxygen atoms in total. The number of hydrogen-bond donors (Lipinski definition) is 0. The number of aromatic nitrogens is 1. The Hall–Kier alpha value is -0.770. The van der Waals surface area contributed by atoms with E-state index < -0.39 is 17.9 Å². The second-order valence-electron chi connectivity index (χ2n) is 1.83. The lowest BCUT2D eigenvalue weighted by Gasteiger charge is -1.99. The monoisotopic (exact) mass is 181 g/mol. The van der Waals surface area contributed by atoms with Crippen molar-refractivity contribution >= 4 is 11.6 Å². The van der Waals surface area contributed by atoms with E-state index in [9.17, 15) is 13.2 Å². The summed E-state index contributed by atoms with van der Waals surface area (Å²) in [5.74, 6) is -0.862. The Bertz CT molecular complexity index is 264. The van der Waals surface area contributed by atoms with Gasteiger partial charge in [-0.15, -0.1) is 0 Å². The lowest BCUT2D eigenvalue weighted by molar-refractivity contribution is 0.151. The molecular weight excluding hydrogens is 179 g/mol. The number of nitrogens with zero attached hydrogens (tertiary/aromatic N) is 1. The van der Waals surface area contributed by atoms with Gasteiger partial charge in [0.1, 0.15) is 0 Å². The van der Waals surface area contributed by atoms with Crippen LogP contribution in [0.1, 0.15) is 12.0 Å². The van der Waals surface area contributed by atoms with Gasteiger partial charge in [-0.3, -0.25) is 0 Å². The van der Waals surface area contributed by atoms with Crippen molar-refractivity contribution < 1.29 is 13.2 Å². The summed E-state index contributed by atoms with van der Waals surface area (Å²) in [6.45, 7) is 0. The standard InChI is InChI=1S/C6H3ClF3N/c7-4-1-5(8)11-2-3(4)6(9)10/h1-2,6H. The van der Waals surface area contributed by atoms with Crippen molar-refractivity contribution in [2.24, 2.45) is 0 Å². The normalized spacial score (nSPS) is 10.6. The van der Waals surface area contributed by atoms with Crippen LogP contribution in [0.25, 0.3) is 0 Å². The van der Waals surface area contributed by atoms with Crippen molar-refractivity contribution in [3.63, 3.8) is 0 Å². The first-order valence-electron chi connectivity index (χ1n) is 2.70. The second kappa shape index (κ2) is 3.09. The van der Waals surface area contributed by atoms with Crippen LogP contribution in [0, 0.1) is 5.95 Å². The van der Waals surface area contributed by atoms with Crippen LogP contribution in [-0.4, -0.2) is 4.98 Å². The van der Waals surface area contributed by atoms with Gasteiger partial charge in [0.2, 0.25) is 5.95 Å². The Labute approximate surface area is 65.8 Å². The maximum Gasteiger partial charge on any atom is 0.266 e. The van der Waals surface area contributed by atoms with E-state index in [1.807, 2.05) is 0 Å². The Balaban J connectivity index is 3.09. The van der Waals surface area contributed by atoms with Gasteiger partial charge in [-0.2, -0.15) is 4.39 Å². The van der Waals surface area contributed by atoms with Crippen LogP contribution in [0.5, 0.6) is 0 Å². The average Bonchev–Trinajstić information content (AvgIpc) is 1.85. The summed E-state index contributed by atoms with van der Waals surface area (Å²) < 4.78 is 36.0. The fraction of sp³-hybridized carbons (Fsp3) is 0.167. The fourth-order valence-electron chi connectivity index (χ4n) is 0.579. The van der Waals surface area contributed by atoms with Crippen LogP contribution in [-0.2, 0) is 0 Å². The van der Waals surface area contributed by atoms with E-state index in [0.717, 1.165) is 12.3 Å². The number of hydrogen-bond acceptors (Lipinski definition) is 1. The van der Waals surface area contributed by atoms with Crippen molar-refractivity contribution in [2.75, 3.05) is 0 Å². The van der Waals surface area contributed by atoms with Gasteiger partial charge in [0.05, 0.1) is 10.6 Å². The molecule has 0 bridgehead atoms. The summed E-state index contributed by atoms with van der Waals surface area (Å²) in [6.07, 6.45) is -1.99. The van der Waals surface area contributed by atoms with E-state index in [2.05, 4.69) is 4.98 Å². The van der Waals surface area contributed by atoms with Gasteiger partial charge in [-0.05, 0) is 0 Å². The lowest BCUT2D eigenvalue weighted by Crippen LogP contribution is -1.90. The molecular formula is C6H3ClF3N. The largest absolute Gasteiger partial charge is 0.266 e. The quantitative estimate of drug-likeness (QED) is 0.607. The minimum atomic E-state index is -2.71. The molecule has 5 heteroatoms. The summed E-state index contributed by atoms with van der Waals surface area (Å²) in [6, 6.07) is 0.753. The topological polar surface area (TPSA) is 12.9 Å². The van der Waals surface area contributed by atoms with E-state index in [1.54, 1.807) is 0 Å². The Kier molecular flexibility index (Phi) is 2.34. The Morgan fingerprint density at radius 3 is 2.55 bits per heavy atom. The van der Waals surface area contributed by atoms with Crippen molar-refractivity contribution in [2.45, 2.75) is 6.43 Å². The van der Waals surface area contributed by atoms with Crippen LogP contribution < -0.4 is 0 Å². The Morgan fingerprint density at radius 2 is 2.09 bits per heavy atom. The molecule has 1 aromatic rings. The highest BCUT2D eigenvalue weighted by molar-refractivity contribution is 6.31. The highest BCUT2D eigenvalue weighted by atomic mass is 35.5. The molecule has 0 fully saturated rings. The summed E-state index contributed by atoms with van der Waals surface area (Å²) >= 11 is 5.26. The van der Waals surface area contributed by atoms with Gasteiger partial charge in [0.15, 0.2) is 0 Å². The third-order valence-electron chi connectivity index (χ3n) is 1.08. The van der Waals surface area contributed by atoms with Crippen LogP contribution in [0.2, 0.25) is 5.02 Å². The molecule has 1 rings (SSSR count).